The molecule has 10 nitrogen and oxygen atoms in total. The number of hydrogen-bond donors (Lipinski definition) is 1. The van der Waals surface area contributed by atoms with Gasteiger partial charge in [0, 0.05) is 19.2 Å². The fourth-order valence-corrected chi connectivity index (χ4v) is 5.82. The lowest BCUT2D eigenvalue weighted by Crippen LogP contribution is -2.51. The van der Waals surface area contributed by atoms with Crippen LogP contribution in [0.5, 0.6) is 17.2 Å². The summed E-state index contributed by atoms with van der Waals surface area (Å²) >= 11 is 0. The lowest BCUT2D eigenvalue weighted by molar-refractivity contribution is -0.139. The molecule has 0 aliphatic rings. The largest absolute Gasteiger partial charge is 0.497 e. The third-order valence-electron chi connectivity index (χ3n) is 7.05. The van der Waals surface area contributed by atoms with E-state index in [2.05, 4.69) is 5.32 Å². The molecule has 0 aromatic heterocycles. The summed E-state index contributed by atoms with van der Waals surface area (Å²) in [4.78, 5) is 28.5. The molecule has 232 valence electrons. The molecule has 1 atom stereocenters. The highest BCUT2D eigenvalue weighted by atomic mass is 32.2. The van der Waals surface area contributed by atoms with E-state index in [1.54, 1.807) is 62.6 Å². The SMILES string of the molecule is CCCCNC(=O)[C@@H](C)N(Cc1ccc(OC)cc1)C(=O)CN(c1ccc(C)cc1)S(=O)(=O)c1ccc(OC)c(OC)c1. The van der Waals surface area contributed by atoms with E-state index in [1.807, 2.05) is 13.8 Å². The summed E-state index contributed by atoms with van der Waals surface area (Å²) in [6.45, 7) is 5.58. The van der Waals surface area contributed by atoms with Crippen molar-refractivity contribution in [2.45, 2.75) is 51.1 Å². The van der Waals surface area contributed by atoms with Gasteiger partial charge < -0.3 is 24.4 Å². The molecule has 43 heavy (non-hydrogen) atoms. The van der Waals surface area contributed by atoms with Crippen molar-refractivity contribution in [2.75, 3.05) is 38.7 Å². The molecule has 11 heteroatoms. The van der Waals surface area contributed by atoms with Crippen molar-refractivity contribution < 1.29 is 32.2 Å². The quantitative estimate of drug-likeness (QED) is 0.251. The highest BCUT2D eigenvalue weighted by Crippen LogP contribution is 2.32. The Morgan fingerprint density at radius 2 is 1.53 bits per heavy atom. The third-order valence-corrected chi connectivity index (χ3v) is 8.82. The molecule has 0 aliphatic carbocycles. The fraction of sp³-hybridized carbons (Fsp3) is 0.375. The van der Waals surface area contributed by atoms with E-state index < -0.39 is 28.5 Å². The lowest BCUT2D eigenvalue weighted by atomic mass is 10.1. The predicted molar refractivity (Wildman–Crippen MR) is 166 cm³/mol. The van der Waals surface area contributed by atoms with Crippen LogP contribution in [-0.2, 0) is 26.2 Å². The van der Waals surface area contributed by atoms with Crippen LogP contribution in [0.2, 0.25) is 0 Å². The van der Waals surface area contributed by atoms with Gasteiger partial charge >= 0.3 is 0 Å². The Bertz CT molecular complexity index is 1480. The number of amides is 2. The van der Waals surface area contributed by atoms with Gasteiger partial charge in [-0.2, -0.15) is 0 Å². The lowest BCUT2D eigenvalue weighted by Gasteiger charge is -2.32. The zero-order valence-electron chi connectivity index (χ0n) is 25.6. The molecule has 2 amide bonds. The first-order valence-electron chi connectivity index (χ1n) is 14.1. The Labute approximate surface area is 254 Å². The molecule has 0 spiro atoms. The molecule has 0 heterocycles. The second-order valence-electron chi connectivity index (χ2n) is 10.1. The highest BCUT2D eigenvalue weighted by molar-refractivity contribution is 7.92. The average molecular weight is 612 g/mol. The van der Waals surface area contributed by atoms with Crippen molar-refractivity contribution in [2.24, 2.45) is 0 Å². The van der Waals surface area contributed by atoms with Crippen molar-refractivity contribution in [3.8, 4) is 17.2 Å². The fourth-order valence-electron chi connectivity index (χ4n) is 4.39. The summed E-state index contributed by atoms with van der Waals surface area (Å²) < 4.78 is 45.1. The number of nitrogens with zero attached hydrogens (tertiary/aromatic N) is 2. The van der Waals surface area contributed by atoms with Gasteiger partial charge in [0.25, 0.3) is 10.0 Å². The van der Waals surface area contributed by atoms with E-state index in [9.17, 15) is 18.0 Å². The van der Waals surface area contributed by atoms with Crippen LogP contribution in [0.1, 0.15) is 37.8 Å². The van der Waals surface area contributed by atoms with Crippen LogP contribution in [0.3, 0.4) is 0 Å². The monoisotopic (exact) mass is 611 g/mol. The van der Waals surface area contributed by atoms with Gasteiger partial charge in [0.2, 0.25) is 11.8 Å². The van der Waals surface area contributed by atoms with Crippen LogP contribution in [0.15, 0.2) is 71.6 Å². The Balaban J connectivity index is 2.03. The smallest absolute Gasteiger partial charge is 0.264 e. The summed E-state index contributed by atoms with van der Waals surface area (Å²) in [5.41, 5.74) is 1.99. The average Bonchev–Trinajstić information content (AvgIpc) is 3.02. The maximum atomic E-state index is 14.1. The molecule has 0 bridgehead atoms. The van der Waals surface area contributed by atoms with Gasteiger partial charge in [0.1, 0.15) is 18.3 Å². The van der Waals surface area contributed by atoms with Crippen LogP contribution < -0.4 is 23.8 Å². The molecule has 0 fully saturated rings. The molecule has 0 saturated heterocycles. The minimum absolute atomic E-state index is 0.0782. The van der Waals surface area contributed by atoms with Crippen LogP contribution >= 0.6 is 0 Å². The summed E-state index contributed by atoms with van der Waals surface area (Å²) in [6.07, 6.45) is 1.71. The van der Waals surface area contributed by atoms with E-state index in [0.717, 1.165) is 28.3 Å². The molecule has 3 aromatic carbocycles. The number of unbranched alkanes of at least 4 members (excludes halogenated alkanes) is 1. The topological polar surface area (TPSA) is 114 Å². The van der Waals surface area contributed by atoms with Gasteiger partial charge in [-0.3, -0.25) is 13.9 Å². The van der Waals surface area contributed by atoms with E-state index in [4.69, 9.17) is 14.2 Å². The van der Waals surface area contributed by atoms with Crippen molar-refractivity contribution in [1.29, 1.82) is 0 Å². The van der Waals surface area contributed by atoms with E-state index in [0.29, 0.717) is 23.7 Å². The van der Waals surface area contributed by atoms with E-state index in [-0.39, 0.29) is 23.1 Å². The Kier molecular flexibility index (Phi) is 11.8. The number of rotatable bonds is 15. The first-order valence-corrected chi connectivity index (χ1v) is 15.5. The zero-order valence-corrected chi connectivity index (χ0v) is 26.4. The van der Waals surface area contributed by atoms with E-state index >= 15 is 0 Å². The second kappa shape index (κ2) is 15.3. The standard InChI is InChI=1S/C32H41N3O7S/c1-7-8-19-33-32(37)24(3)34(21-25-11-15-27(40-4)16-12-25)31(36)22-35(26-13-9-23(2)10-14-26)43(38,39)28-17-18-29(41-5)30(20-28)42-6/h9-18,20,24H,7-8,19,21-22H2,1-6H3,(H,33,37)/t24-/m1/s1. The minimum Gasteiger partial charge on any atom is -0.497 e. The predicted octanol–water partition coefficient (Wildman–Crippen LogP) is 4.55. The van der Waals surface area contributed by atoms with Crippen LogP contribution in [-0.4, -0.2) is 65.6 Å². The Morgan fingerprint density at radius 1 is 0.884 bits per heavy atom. The summed E-state index contributed by atoms with van der Waals surface area (Å²) in [6, 6.07) is 17.4. The number of methoxy groups -OCH3 is 3. The van der Waals surface area contributed by atoms with Gasteiger partial charge in [-0.05, 0) is 62.2 Å². The number of benzene rings is 3. The minimum atomic E-state index is -4.27. The molecular formula is C32H41N3O7S. The number of sulfonamides is 1. The second-order valence-corrected chi connectivity index (χ2v) is 11.9. The molecule has 0 saturated carbocycles. The summed E-state index contributed by atoms with van der Waals surface area (Å²) in [7, 11) is 0.171. The number of anilines is 1. The van der Waals surface area contributed by atoms with Crippen molar-refractivity contribution in [3.63, 3.8) is 0 Å². The molecule has 3 aromatic rings. The first kappa shape index (κ1) is 33.3. The highest BCUT2D eigenvalue weighted by Gasteiger charge is 2.33. The zero-order chi connectivity index (χ0) is 31.6. The Morgan fingerprint density at radius 3 is 2.12 bits per heavy atom. The van der Waals surface area contributed by atoms with Crippen molar-refractivity contribution in [1.82, 2.24) is 10.2 Å². The first-order chi connectivity index (χ1) is 20.5. The van der Waals surface area contributed by atoms with Gasteiger partial charge in [-0.1, -0.05) is 43.2 Å². The van der Waals surface area contributed by atoms with Gasteiger partial charge in [-0.25, -0.2) is 8.42 Å². The van der Waals surface area contributed by atoms with Gasteiger partial charge in [0.05, 0.1) is 31.9 Å². The van der Waals surface area contributed by atoms with Gasteiger partial charge in [0.15, 0.2) is 11.5 Å². The molecule has 1 N–H and O–H groups in total. The summed E-state index contributed by atoms with van der Waals surface area (Å²) in [5.74, 6) is 0.391. The molecule has 0 radical (unpaired) electrons. The maximum Gasteiger partial charge on any atom is 0.264 e. The number of carbonyl (C=O) groups excluding carboxylic acids is 2. The maximum absolute atomic E-state index is 14.1. The van der Waals surface area contributed by atoms with Crippen molar-refractivity contribution >= 4 is 27.5 Å². The number of nitrogens with one attached hydrogen (secondary N) is 1. The number of aryl methyl sites for hydroxylation is 1. The van der Waals surface area contributed by atoms with Crippen LogP contribution in [0, 0.1) is 6.92 Å². The molecular weight excluding hydrogens is 570 g/mol. The number of carbonyl (C=O) groups is 2. The third kappa shape index (κ3) is 8.41. The Hall–Kier alpha value is -4.25. The van der Waals surface area contributed by atoms with Crippen LogP contribution in [0.4, 0.5) is 5.69 Å². The summed E-state index contributed by atoms with van der Waals surface area (Å²) in [5, 5.41) is 2.88. The number of hydrogen-bond acceptors (Lipinski definition) is 7. The van der Waals surface area contributed by atoms with E-state index in [1.165, 1.54) is 37.3 Å². The van der Waals surface area contributed by atoms with Gasteiger partial charge in [-0.15, -0.1) is 0 Å². The van der Waals surface area contributed by atoms with Crippen molar-refractivity contribution in [3.05, 3.63) is 77.9 Å². The molecule has 3 rings (SSSR count). The number of ether oxygens (including phenoxy) is 3. The molecule has 0 aliphatic heterocycles. The van der Waals surface area contributed by atoms with Crippen LogP contribution in [0.25, 0.3) is 0 Å². The normalized spacial score (nSPS) is 11.8. The molecule has 0 unspecified atom stereocenters.